The average molecular weight is 221 g/mol. The number of carboxylic acid groups (broad SMARTS) is 1. The summed E-state index contributed by atoms with van der Waals surface area (Å²) in [6.07, 6.45) is 0.941. The molecule has 15 heavy (non-hydrogen) atoms. The molecular weight excluding hydrogens is 210 g/mol. The summed E-state index contributed by atoms with van der Waals surface area (Å²) in [7, 11) is 0. The third kappa shape index (κ3) is 1.57. The molecule has 0 spiro atoms. The minimum absolute atomic E-state index is 0.234. The standard InChI is InChI=1S/C11H11NO2S/c1-2-6-3-4-7-8(5-6)15-10(12)9(7)11(13)14/h3-5H,2,12H2,1H3,(H,13,14). The molecule has 0 fully saturated rings. The van der Waals surface area contributed by atoms with Crippen molar-refractivity contribution in [1.29, 1.82) is 0 Å². The monoisotopic (exact) mass is 221 g/mol. The van der Waals surface area contributed by atoms with Gasteiger partial charge in [0.05, 0.1) is 0 Å². The van der Waals surface area contributed by atoms with Gasteiger partial charge in [0, 0.05) is 10.1 Å². The van der Waals surface area contributed by atoms with Crippen LogP contribution in [-0.2, 0) is 6.42 Å². The predicted octanol–water partition coefficient (Wildman–Crippen LogP) is 2.74. The van der Waals surface area contributed by atoms with Crippen LogP contribution in [0.1, 0.15) is 22.8 Å². The Labute approximate surface area is 91.1 Å². The Hall–Kier alpha value is -1.55. The zero-order valence-corrected chi connectivity index (χ0v) is 9.10. The van der Waals surface area contributed by atoms with Gasteiger partial charge in [-0.1, -0.05) is 19.1 Å². The Morgan fingerprint density at radius 2 is 2.27 bits per heavy atom. The van der Waals surface area contributed by atoms with E-state index in [1.165, 1.54) is 16.9 Å². The number of hydrogen-bond acceptors (Lipinski definition) is 3. The van der Waals surface area contributed by atoms with Crippen molar-refractivity contribution in [3.63, 3.8) is 0 Å². The first kappa shape index (κ1) is 9.98. The lowest BCUT2D eigenvalue weighted by molar-refractivity contribution is 0.0700. The van der Waals surface area contributed by atoms with Crippen LogP contribution in [0.2, 0.25) is 0 Å². The van der Waals surface area contributed by atoms with E-state index in [9.17, 15) is 4.79 Å². The van der Waals surface area contributed by atoms with Crippen molar-refractivity contribution in [2.24, 2.45) is 0 Å². The number of benzene rings is 1. The molecular formula is C11H11NO2S. The number of nitrogen functional groups attached to an aromatic ring is 1. The Morgan fingerprint density at radius 3 is 2.87 bits per heavy atom. The van der Waals surface area contributed by atoms with Gasteiger partial charge in [-0.05, 0) is 18.1 Å². The zero-order valence-electron chi connectivity index (χ0n) is 8.28. The molecule has 2 aromatic rings. The van der Waals surface area contributed by atoms with E-state index >= 15 is 0 Å². The predicted molar refractivity (Wildman–Crippen MR) is 62.6 cm³/mol. The number of carbonyl (C=O) groups is 1. The summed E-state index contributed by atoms with van der Waals surface area (Å²) in [6, 6.07) is 5.79. The number of anilines is 1. The van der Waals surface area contributed by atoms with E-state index in [1.54, 1.807) is 0 Å². The number of rotatable bonds is 2. The van der Waals surface area contributed by atoms with Crippen LogP contribution in [0, 0.1) is 0 Å². The number of carboxylic acids is 1. The summed E-state index contributed by atoms with van der Waals surface area (Å²) in [5.41, 5.74) is 7.11. The minimum atomic E-state index is -0.956. The lowest BCUT2D eigenvalue weighted by Crippen LogP contribution is -1.98. The Balaban J connectivity index is 2.74. The summed E-state index contributed by atoms with van der Waals surface area (Å²) >= 11 is 1.33. The van der Waals surface area contributed by atoms with Gasteiger partial charge in [-0.3, -0.25) is 0 Å². The fraction of sp³-hybridized carbons (Fsp3) is 0.182. The quantitative estimate of drug-likeness (QED) is 0.819. The molecule has 3 N–H and O–H groups in total. The number of hydrogen-bond donors (Lipinski definition) is 2. The highest BCUT2D eigenvalue weighted by Crippen LogP contribution is 2.34. The smallest absolute Gasteiger partial charge is 0.339 e. The van der Waals surface area contributed by atoms with Crippen LogP contribution in [0.4, 0.5) is 5.00 Å². The molecule has 0 unspecified atom stereocenters. The highest BCUT2D eigenvalue weighted by molar-refractivity contribution is 7.23. The van der Waals surface area contributed by atoms with E-state index in [0.717, 1.165) is 16.5 Å². The maximum Gasteiger partial charge on any atom is 0.339 e. The molecule has 0 aliphatic carbocycles. The normalized spacial score (nSPS) is 10.7. The van der Waals surface area contributed by atoms with Crippen molar-refractivity contribution in [2.75, 3.05) is 5.73 Å². The van der Waals surface area contributed by atoms with Crippen LogP contribution in [0.25, 0.3) is 10.1 Å². The van der Waals surface area contributed by atoms with E-state index in [0.29, 0.717) is 5.00 Å². The van der Waals surface area contributed by atoms with Crippen molar-refractivity contribution in [2.45, 2.75) is 13.3 Å². The summed E-state index contributed by atoms with van der Waals surface area (Å²) in [4.78, 5) is 11.0. The molecule has 1 heterocycles. The number of fused-ring (bicyclic) bond motifs is 1. The van der Waals surface area contributed by atoms with E-state index in [-0.39, 0.29) is 5.56 Å². The molecule has 0 atom stereocenters. The third-order valence-corrected chi connectivity index (χ3v) is 3.39. The van der Waals surface area contributed by atoms with Crippen molar-refractivity contribution in [1.82, 2.24) is 0 Å². The van der Waals surface area contributed by atoms with Crippen LogP contribution in [0.3, 0.4) is 0 Å². The second kappa shape index (κ2) is 3.55. The number of nitrogens with two attached hydrogens (primary N) is 1. The second-order valence-corrected chi connectivity index (χ2v) is 4.41. The molecule has 0 bridgehead atoms. The van der Waals surface area contributed by atoms with Gasteiger partial charge in [-0.25, -0.2) is 4.79 Å². The minimum Gasteiger partial charge on any atom is -0.478 e. The molecule has 0 radical (unpaired) electrons. The SMILES string of the molecule is CCc1ccc2c(C(=O)O)c(N)sc2c1. The largest absolute Gasteiger partial charge is 0.478 e. The highest BCUT2D eigenvalue weighted by Gasteiger charge is 2.15. The molecule has 0 saturated heterocycles. The van der Waals surface area contributed by atoms with Gasteiger partial charge in [0.2, 0.25) is 0 Å². The molecule has 0 saturated carbocycles. The lowest BCUT2D eigenvalue weighted by atomic mass is 10.1. The first-order valence-corrected chi connectivity index (χ1v) is 5.49. The van der Waals surface area contributed by atoms with Crippen LogP contribution in [-0.4, -0.2) is 11.1 Å². The van der Waals surface area contributed by atoms with Gasteiger partial charge in [0.1, 0.15) is 10.6 Å². The third-order valence-electron chi connectivity index (χ3n) is 2.40. The van der Waals surface area contributed by atoms with Gasteiger partial charge in [-0.15, -0.1) is 11.3 Å². The topological polar surface area (TPSA) is 63.3 Å². The molecule has 0 aliphatic heterocycles. The number of thiophene rings is 1. The summed E-state index contributed by atoms with van der Waals surface area (Å²) in [5, 5.41) is 10.1. The van der Waals surface area contributed by atoms with Crippen molar-refractivity contribution < 1.29 is 9.90 Å². The maximum atomic E-state index is 11.0. The highest BCUT2D eigenvalue weighted by atomic mass is 32.1. The number of aromatic carboxylic acids is 1. The van der Waals surface area contributed by atoms with Gasteiger partial charge < -0.3 is 10.8 Å². The maximum absolute atomic E-state index is 11.0. The van der Waals surface area contributed by atoms with Crippen LogP contribution < -0.4 is 5.73 Å². The van der Waals surface area contributed by atoms with Crippen molar-refractivity contribution in [3.8, 4) is 0 Å². The van der Waals surface area contributed by atoms with E-state index in [2.05, 4.69) is 6.92 Å². The van der Waals surface area contributed by atoms with Gasteiger partial charge >= 0.3 is 5.97 Å². The Morgan fingerprint density at radius 1 is 1.53 bits per heavy atom. The fourth-order valence-corrected chi connectivity index (χ4v) is 2.63. The van der Waals surface area contributed by atoms with E-state index in [4.69, 9.17) is 10.8 Å². The average Bonchev–Trinajstić information content (AvgIpc) is 2.52. The summed E-state index contributed by atoms with van der Waals surface area (Å²) in [5.74, 6) is -0.956. The molecule has 3 nitrogen and oxygen atoms in total. The van der Waals surface area contributed by atoms with E-state index in [1.807, 2.05) is 18.2 Å². The molecule has 1 aromatic carbocycles. The lowest BCUT2D eigenvalue weighted by Gasteiger charge is -1.96. The summed E-state index contributed by atoms with van der Waals surface area (Å²) < 4.78 is 0.948. The Kier molecular flexibility index (Phi) is 2.36. The Bertz CT molecular complexity index is 531. The van der Waals surface area contributed by atoms with Crippen LogP contribution in [0.5, 0.6) is 0 Å². The van der Waals surface area contributed by atoms with E-state index < -0.39 is 5.97 Å². The van der Waals surface area contributed by atoms with Gasteiger partial charge in [0.25, 0.3) is 0 Å². The second-order valence-electron chi connectivity index (χ2n) is 3.33. The van der Waals surface area contributed by atoms with Crippen molar-refractivity contribution >= 4 is 32.4 Å². The van der Waals surface area contributed by atoms with Crippen LogP contribution >= 0.6 is 11.3 Å². The molecule has 0 amide bonds. The first-order chi connectivity index (χ1) is 7.13. The first-order valence-electron chi connectivity index (χ1n) is 4.67. The van der Waals surface area contributed by atoms with Crippen molar-refractivity contribution in [3.05, 3.63) is 29.3 Å². The molecule has 2 rings (SSSR count). The van der Waals surface area contributed by atoms with Gasteiger partial charge in [0.15, 0.2) is 0 Å². The fourth-order valence-electron chi connectivity index (χ4n) is 1.60. The summed E-state index contributed by atoms with van der Waals surface area (Å²) in [6.45, 7) is 2.07. The zero-order chi connectivity index (χ0) is 11.0. The van der Waals surface area contributed by atoms with Gasteiger partial charge in [-0.2, -0.15) is 0 Å². The number of aryl methyl sites for hydroxylation is 1. The molecule has 78 valence electrons. The molecule has 4 heteroatoms. The van der Waals surface area contributed by atoms with Crippen LogP contribution in [0.15, 0.2) is 18.2 Å². The molecule has 1 aromatic heterocycles. The molecule has 0 aliphatic rings.